The van der Waals surface area contributed by atoms with E-state index in [0.717, 1.165) is 5.56 Å². The molecule has 0 saturated heterocycles. The first-order chi connectivity index (χ1) is 7.59. The van der Waals surface area contributed by atoms with Gasteiger partial charge in [-0.1, -0.05) is 30.3 Å². The van der Waals surface area contributed by atoms with Crippen LogP contribution in [0.5, 0.6) is 0 Å². The molecule has 1 atom stereocenters. The summed E-state index contributed by atoms with van der Waals surface area (Å²) in [5.74, 6) is -0.733. The molecule has 1 rings (SSSR count). The molecule has 0 radical (unpaired) electrons. The summed E-state index contributed by atoms with van der Waals surface area (Å²) < 4.78 is 0. The molecule has 0 aliphatic rings. The molecule has 3 N–H and O–H groups in total. The van der Waals surface area contributed by atoms with Crippen LogP contribution in [0.2, 0.25) is 0 Å². The molecule has 16 heavy (non-hydrogen) atoms. The molecular weight excluding hydrogens is 204 g/mol. The number of amides is 2. The van der Waals surface area contributed by atoms with E-state index in [-0.39, 0.29) is 5.91 Å². The van der Waals surface area contributed by atoms with E-state index in [1.807, 2.05) is 30.3 Å². The lowest BCUT2D eigenvalue weighted by molar-refractivity contribution is -0.126. The summed E-state index contributed by atoms with van der Waals surface area (Å²) in [6.45, 7) is 1.37. The third-order valence-corrected chi connectivity index (χ3v) is 2.29. The third-order valence-electron chi connectivity index (χ3n) is 2.29. The van der Waals surface area contributed by atoms with Crippen LogP contribution in [0.4, 0.5) is 0 Å². The minimum absolute atomic E-state index is 0.239. The van der Waals surface area contributed by atoms with Crippen molar-refractivity contribution in [3.63, 3.8) is 0 Å². The second kappa shape index (κ2) is 5.90. The van der Waals surface area contributed by atoms with Crippen LogP contribution in [0, 0.1) is 0 Å². The minimum Gasteiger partial charge on any atom is -0.368 e. The molecule has 4 heteroatoms. The lowest BCUT2D eigenvalue weighted by Gasteiger charge is -2.13. The normalized spacial score (nSPS) is 11.8. The Balaban J connectivity index is 2.50. The Hall–Kier alpha value is -1.84. The Labute approximate surface area is 94.8 Å². The third kappa shape index (κ3) is 4.13. The first-order valence-electron chi connectivity index (χ1n) is 5.20. The van der Waals surface area contributed by atoms with Crippen LogP contribution in [0.3, 0.4) is 0 Å². The smallest absolute Gasteiger partial charge is 0.240 e. The highest BCUT2D eigenvalue weighted by atomic mass is 16.2. The number of hydrogen-bond donors (Lipinski definition) is 2. The monoisotopic (exact) mass is 220 g/mol. The van der Waals surface area contributed by atoms with E-state index in [1.54, 1.807) is 0 Å². The zero-order valence-electron chi connectivity index (χ0n) is 9.27. The van der Waals surface area contributed by atoms with E-state index in [4.69, 9.17) is 5.73 Å². The number of primary amides is 1. The standard InChI is InChI=1S/C12H16N2O2/c1-9(15)14-11(12(13)16)8-7-10-5-3-2-4-6-10/h2-6,11H,7-8H2,1H3,(H2,13,16)(H,14,15). The van der Waals surface area contributed by atoms with Crippen molar-refractivity contribution in [2.75, 3.05) is 0 Å². The second-order valence-corrected chi connectivity index (χ2v) is 3.68. The Bertz CT molecular complexity index is 363. The molecule has 0 aliphatic heterocycles. The number of nitrogens with one attached hydrogen (secondary N) is 1. The van der Waals surface area contributed by atoms with Gasteiger partial charge in [-0.05, 0) is 18.4 Å². The molecule has 0 aromatic heterocycles. The first-order valence-corrected chi connectivity index (χ1v) is 5.20. The first kappa shape index (κ1) is 12.2. The second-order valence-electron chi connectivity index (χ2n) is 3.68. The summed E-state index contributed by atoms with van der Waals surface area (Å²) in [6, 6.07) is 9.18. The lowest BCUT2D eigenvalue weighted by Crippen LogP contribution is -2.43. The van der Waals surface area contributed by atoms with Crippen molar-refractivity contribution in [2.45, 2.75) is 25.8 Å². The topological polar surface area (TPSA) is 72.2 Å². The molecule has 1 unspecified atom stereocenters. The van der Waals surface area contributed by atoms with Gasteiger partial charge < -0.3 is 11.1 Å². The Kier molecular flexibility index (Phi) is 4.51. The highest BCUT2D eigenvalue weighted by Crippen LogP contribution is 2.04. The highest BCUT2D eigenvalue weighted by Gasteiger charge is 2.15. The van der Waals surface area contributed by atoms with E-state index in [9.17, 15) is 9.59 Å². The zero-order valence-corrected chi connectivity index (χ0v) is 9.27. The molecule has 0 bridgehead atoms. The number of rotatable bonds is 5. The van der Waals surface area contributed by atoms with E-state index >= 15 is 0 Å². The number of carbonyl (C=O) groups is 2. The van der Waals surface area contributed by atoms with Crippen LogP contribution < -0.4 is 11.1 Å². The Morgan fingerprint density at radius 1 is 1.31 bits per heavy atom. The SMILES string of the molecule is CC(=O)NC(CCc1ccccc1)C(N)=O. The van der Waals surface area contributed by atoms with Crippen molar-refractivity contribution >= 4 is 11.8 Å². The molecule has 86 valence electrons. The van der Waals surface area contributed by atoms with Crippen LogP contribution in [0.1, 0.15) is 18.9 Å². The van der Waals surface area contributed by atoms with Gasteiger partial charge in [0.1, 0.15) is 6.04 Å². The summed E-state index contributed by atoms with van der Waals surface area (Å²) in [6.07, 6.45) is 1.24. The largest absolute Gasteiger partial charge is 0.368 e. The molecule has 0 aliphatic carbocycles. The summed E-state index contributed by atoms with van der Waals surface area (Å²) in [5.41, 5.74) is 6.32. The minimum atomic E-state index is -0.585. The number of benzene rings is 1. The Morgan fingerprint density at radius 3 is 2.44 bits per heavy atom. The average molecular weight is 220 g/mol. The van der Waals surface area contributed by atoms with Crippen molar-refractivity contribution in [2.24, 2.45) is 5.73 Å². The molecular formula is C12H16N2O2. The van der Waals surface area contributed by atoms with Gasteiger partial charge in [-0.3, -0.25) is 9.59 Å². The van der Waals surface area contributed by atoms with E-state index in [1.165, 1.54) is 6.92 Å². The van der Waals surface area contributed by atoms with Gasteiger partial charge >= 0.3 is 0 Å². The number of hydrogen-bond acceptors (Lipinski definition) is 2. The molecule has 0 saturated carbocycles. The molecule has 0 fully saturated rings. The average Bonchev–Trinajstić information content (AvgIpc) is 2.25. The quantitative estimate of drug-likeness (QED) is 0.763. The maximum atomic E-state index is 11.1. The fourth-order valence-electron chi connectivity index (χ4n) is 1.49. The van der Waals surface area contributed by atoms with Crippen molar-refractivity contribution in [1.82, 2.24) is 5.32 Å². The van der Waals surface area contributed by atoms with Crippen LogP contribution in [0.25, 0.3) is 0 Å². The molecule has 2 amide bonds. The van der Waals surface area contributed by atoms with Gasteiger partial charge in [0.15, 0.2) is 0 Å². The zero-order chi connectivity index (χ0) is 12.0. The number of carbonyl (C=O) groups excluding carboxylic acids is 2. The van der Waals surface area contributed by atoms with Gasteiger partial charge in [0.2, 0.25) is 11.8 Å². The Morgan fingerprint density at radius 2 is 1.94 bits per heavy atom. The number of nitrogens with two attached hydrogens (primary N) is 1. The predicted molar refractivity (Wildman–Crippen MR) is 61.6 cm³/mol. The highest BCUT2D eigenvalue weighted by molar-refractivity contribution is 5.85. The lowest BCUT2D eigenvalue weighted by atomic mass is 10.0. The van der Waals surface area contributed by atoms with Gasteiger partial charge in [-0.15, -0.1) is 0 Å². The molecule has 1 aromatic carbocycles. The van der Waals surface area contributed by atoms with Gasteiger partial charge in [0.05, 0.1) is 0 Å². The molecule has 4 nitrogen and oxygen atoms in total. The summed E-state index contributed by atoms with van der Waals surface area (Å²) in [5, 5.41) is 2.54. The van der Waals surface area contributed by atoms with Crippen molar-refractivity contribution in [3.05, 3.63) is 35.9 Å². The van der Waals surface area contributed by atoms with Crippen molar-refractivity contribution < 1.29 is 9.59 Å². The fourth-order valence-corrected chi connectivity index (χ4v) is 1.49. The van der Waals surface area contributed by atoms with Crippen molar-refractivity contribution in [1.29, 1.82) is 0 Å². The van der Waals surface area contributed by atoms with Gasteiger partial charge in [0.25, 0.3) is 0 Å². The number of aryl methyl sites for hydroxylation is 1. The van der Waals surface area contributed by atoms with E-state index < -0.39 is 11.9 Å². The van der Waals surface area contributed by atoms with Gasteiger partial charge in [0, 0.05) is 6.92 Å². The van der Waals surface area contributed by atoms with Crippen LogP contribution >= 0.6 is 0 Å². The fraction of sp³-hybridized carbons (Fsp3) is 0.333. The summed E-state index contributed by atoms with van der Waals surface area (Å²) in [7, 11) is 0. The van der Waals surface area contributed by atoms with E-state index in [0.29, 0.717) is 12.8 Å². The van der Waals surface area contributed by atoms with Crippen LogP contribution in [0.15, 0.2) is 30.3 Å². The summed E-state index contributed by atoms with van der Waals surface area (Å²) in [4.78, 5) is 21.9. The summed E-state index contributed by atoms with van der Waals surface area (Å²) >= 11 is 0. The maximum absolute atomic E-state index is 11.1. The van der Waals surface area contributed by atoms with Crippen molar-refractivity contribution in [3.8, 4) is 0 Å². The van der Waals surface area contributed by atoms with Gasteiger partial charge in [-0.2, -0.15) is 0 Å². The van der Waals surface area contributed by atoms with Gasteiger partial charge in [-0.25, -0.2) is 0 Å². The predicted octanol–water partition coefficient (Wildman–Crippen LogP) is 0.609. The molecule has 0 heterocycles. The maximum Gasteiger partial charge on any atom is 0.240 e. The van der Waals surface area contributed by atoms with Crippen LogP contribution in [-0.2, 0) is 16.0 Å². The van der Waals surface area contributed by atoms with Crippen LogP contribution in [-0.4, -0.2) is 17.9 Å². The molecule has 1 aromatic rings. The van der Waals surface area contributed by atoms with E-state index in [2.05, 4.69) is 5.32 Å². The molecule has 0 spiro atoms.